The van der Waals surface area contributed by atoms with Gasteiger partial charge >= 0.3 is 0 Å². The zero-order valence-corrected chi connectivity index (χ0v) is 19.2. The molecule has 0 aliphatic heterocycles. The molecular weight excluding hydrogens is 408 g/mol. The van der Waals surface area contributed by atoms with Gasteiger partial charge in [-0.25, -0.2) is 0 Å². The van der Waals surface area contributed by atoms with Crippen LogP contribution in [0.3, 0.4) is 0 Å². The molecule has 0 radical (unpaired) electrons. The van der Waals surface area contributed by atoms with Crippen molar-refractivity contribution in [3.8, 4) is 0 Å². The number of carbonyl (C=O) groups excluding carboxylic acids is 1. The Kier molecular flexibility index (Phi) is 5.65. The first-order chi connectivity index (χ1) is 16.1. The van der Waals surface area contributed by atoms with Crippen molar-refractivity contribution in [3.05, 3.63) is 84.1 Å². The first-order valence-corrected chi connectivity index (χ1v) is 11.7. The van der Waals surface area contributed by atoms with Crippen LogP contribution in [0.5, 0.6) is 0 Å². The topological polar surface area (TPSA) is 65.0 Å². The SMILES string of the molecule is CCn1c2ccccc2c2cc(CNC(C)CCn3c(C(N)=O)cc4ccccc43)ccc21. The molecule has 5 heteroatoms. The van der Waals surface area contributed by atoms with Gasteiger partial charge in [0.05, 0.1) is 0 Å². The molecule has 0 saturated carbocycles. The van der Waals surface area contributed by atoms with E-state index in [0.717, 1.165) is 37.0 Å². The molecule has 1 atom stereocenters. The van der Waals surface area contributed by atoms with Crippen LogP contribution in [-0.2, 0) is 19.6 Å². The van der Waals surface area contributed by atoms with E-state index in [-0.39, 0.29) is 5.91 Å². The van der Waals surface area contributed by atoms with E-state index < -0.39 is 0 Å². The van der Waals surface area contributed by atoms with Crippen molar-refractivity contribution in [2.75, 3.05) is 0 Å². The highest BCUT2D eigenvalue weighted by molar-refractivity contribution is 6.08. The maximum absolute atomic E-state index is 12.0. The smallest absolute Gasteiger partial charge is 0.265 e. The van der Waals surface area contributed by atoms with Crippen molar-refractivity contribution in [3.63, 3.8) is 0 Å². The van der Waals surface area contributed by atoms with Crippen molar-refractivity contribution in [1.29, 1.82) is 0 Å². The standard InChI is InChI=1S/C28H30N4O/c1-3-31-25-11-7-5-9-22(25)23-16-20(12-13-26(23)31)18-30-19(2)14-15-32-24-10-6-4-8-21(24)17-27(32)28(29)33/h4-13,16-17,19,30H,3,14-15,18H2,1-2H3,(H2,29,33). The zero-order valence-electron chi connectivity index (χ0n) is 19.2. The summed E-state index contributed by atoms with van der Waals surface area (Å²) < 4.78 is 4.42. The van der Waals surface area contributed by atoms with Crippen LogP contribution < -0.4 is 11.1 Å². The van der Waals surface area contributed by atoms with Gasteiger partial charge in [0, 0.05) is 58.4 Å². The van der Waals surface area contributed by atoms with Gasteiger partial charge in [-0.15, -0.1) is 0 Å². The van der Waals surface area contributed by atoms with Crippen LogP contribution in [0.4, 0.5) is 0 Å². The number of nitrogens with two attached hydrogens (primary N) is 1. The van der Waals surface area contributed by atoms with E-state index in [1.807, 2.05) is 34.9 Å². The highest BCUT2D eigenvalue weighted by Crippen LogP contribution is 2.29. The number of benzene rings is 3. The predicted octanol–water partition coefficient (Wildman–Crippen LogP) is 5.44. The monoisotopic (exact) mass is 438 g/mol. The average molecular weight is 439 g/mol. The largest absolute Gasteiger partial charge is 0.364 e. The number of hydrogen-bond acceptors (Lipinski definition) is 2. The van der Waals surface area contributed by atoms with Crippen LogP contribution in [0.25, 0.3) is 32.7 Å². The molecule has 0 spiro atoms. The van der Waals surface area contributed by atoms with Gasteiger partial charge in [0.1, 0.15) is 5.69 Å². The second-order valence-corrected chi connectivity index (χ2v) is 8.79. The predicted molar refractivity (Wildman–Crippen MR) is 136 cm³/mol. The molecule has 5 rings (SSSR count). The lowest BCUT2D eigenvalue weighted by Crippen LogP contribution is -2.27. The van der Waals surface area contributed by atoms with Crippen LogP contribution in [-0.4, -0.2) is 21.1 Å². The van der Waals surface area contributed by atoms with E-state index >= 15 is 0 Å². The van der Waals surface area contributed by atoms with E-state index in [4.69, 9.17) is 5.73 Å². The molecule has 3 N–H and O–H groups in total. The third-order valence-electron chi connectivity index (χ3n) is 6.66. The fourth-order valence-corrected chi connectivity index (χ4v) is 4.92. The molecule has 5 aromatic rings. The molecule has 3 aromatic carbocycles. The number of nitrogens with one attached hydrogen (secondary N) is 1. The lowest BCUT2D eigenvalue weighted by atomic mass is 10.1. The minimum atomic E-state index is -0.383. The zero-order chi connectivity index (χ0) is 22.9. The summed E-state index contributed by atoms with van der Waals surface area (Å²) in [6.45, 7) is 6.89. The Hall–Kier alpha value is -3.57. The highest BCUT2D eigenvalue weighted by Gasteiger charge is 2.14. The Morgan fingerprint density at radius 1 is 0.909 bits per heavy atom. The Balaban J connectivity index is 1.30. The van der Waals surface area contributed by atoms with Gasteiger partial charge in [0.15, 0.2) is 0 Å². The highest BCUT2D eigenvalue weighted by atomic mass is 16.1. The number of aromatic nitrogens is 2. The number of amides is 1. The summed E-state index contributed by atoms with van der Waals surface area (Å²) in [5.74, 6) is -0.383. The van der Waals surface area contributed by atoms with Gasteiger partial charge in [0.2, 0.25) is 0 Å². The lowest BCUT2D eigenvalue weighted by Gasteiger charge is -2.16. The summed E-state index contributed by atoms with van der Waals surface area (Å²) >= 11 is 0. The number of para-hydroxylation sites is 2. The van der Waals surface area contributed by atoms with Crippen LogP contribution in [0, 0.1) is 0 Å². The molecular formula is C28H30N4O. The van der Waals surface area contributed by atoms with Gasteiger partial charge < -0.3 is 20.2 Å². The average Bonchev–Trinajstić information content (AvgIpc) is 3.37. The summed E-state index contributed by atoms with van der Waals surface area (Å²) in [6, 6.07) is 25.6. The molecule has 168 valence electrons. The normalized spacial score (nSPS) is 12.7. The van der Waals surface area contributed by atoms with Crippen molar-refractivity contribution in [1.82, 2.24) is 14.5 Å². The van der Waals surface area contributed by atoms with Crippen molar-refractivity contribution in [2.45, 2.75) is 45.9 Å². The Morgan fingerprint density at radius 2 is 1.64 bits per heavy atom. The molecule has 0 aliphatic rings. The molecule has 0 fully saturated rings. The van der Waals surface area contributed by atoms with Crippen molar-refractivity contribution >= 4 is 38.6 Å². The lowest BCUT2D eigenvalue weighted by molar-refractivity contribution is 0.0991. The molecule has 1 unspecified atom stereocenters. The maximum atomic E-state index is 12.0. The Bertz CT molecular complexity index is 1460. The van der Waals surface area contributed by atoms with E-state index in [1.54, 1.807) is 0 Å². The minimum Gasteiger partial charge on any atom is -0.364 e. The Labute approximate surface area is 193 Å². The first kappa shape index (κ1) is 21.3. The van der Waals surface area contributed by atoms with Crippen LogP contribution in [0.1, 0.15) is 36.3 Å². The molecule has 0 aliphatic carbocycles. The number of rotatable bonds is 8. The quantitative estimate of drug-likeness (QED) is 0.339. The number of hydrogen-bond donors (Lipinski definition) is 2. The van der Waals surface area contributed by atoms with Gasteiger partial charge in [-0.05, 0) is 56.2 Å². The number of aryl methyl sites for hydroxylation is 2. The van der Waals surface area contributed by atoms with Gasteiger partial charge in [-0.2, -0.15) is 0 Å². The van der Waals surface area contributed by atoms with Crippen molar-refractivity contribution < 1.29 is 4.79 Å². The number of fused-ring (bicyclic) bond motifs is 4. The van der Waals surface area contributed by atoms with Crippen LogP contribution >= 0.6 is 0 Å². The summed E-state index contributed by atoms with van der Waals surface area (Å²) in [6.07, 6.45) is 0.899. The summed E-state index contributed by atoms with van der Waals surface area (Å²) in [7, 11) is 0. The minimum absolute atomic E-state index is 0.291. The third kappa shape index (κ3) is 3.89. The number of nitrogens with zero attached hydrogens (tertiary/aromatic N) is 2. The van der Waals surface area contributed by atoms with E-state index in [9.17, 15) is 4.79 Å². The van der Waals surface area contributed by atoms with Crippen LogP contribution in [0.15, 0.2) is 72.8 Å². The molecule has 2 heterocycles. The second kappa shape index (κ2) is 8.75. The number of carbonyl (C=O) groups is 1. The maximum Gasteiger partial charge on any atom is 0.265 e. The van der Waals surface area contributed by atoms with E-state index in [1.165, 1.54) is 27.4 Å². The van der Waals surface area contributed by atoms with Crippen molar-refractivity contribution in [2.24, 2.45) is 5.73 Å². The summed E-state index contributed by atoms with van der Waals surface area (Å²) in [5.41, 5.74) is 11.1. The molecule has 33 heavy (non-hydrogen) atoms. The molecule has 1 amide bonds. The van der Waals surface area contributed by atoms with E-state index in [0.29, 0.717) is 11.7 Å². The summed E-state index contributed by atoms with van der Waals surface area (Å²) in [5, 5.41) is 7.32. The Morgan fingerprint density at radius 3 is 2.42 bits per heavy atom. The summed E-state index contributed by atoms with van der Waals surface area (Å²) in [4.78, 5) is 12.0. The fourth-order valence-electron chi connectivity index (χ4n) is 4.92. The second-order valence-electron chi connectivity index (χ2n) is 8.79. The third-order valence-corrected chi connectivity index (χ3v) is 6.66. The molecule has 5 nitrogen and oxygen atoms in total. The van der Waals surface area contributed by atoms with Gasteiger partial charge in [-0.1, -0.05) is 42.5 Å². The first-order valence-electron chi connectivity index (χ1n) is 11.7. The molecule has 0 saturated heterocycles. The van der Waals surface area contributed by atoms with Crippen LogP contribution in [0.2, 0.25) is 0 Å². The van der Waals surface area contributed by atoms with Gasteiger partial charge in [-0.3, -0.25) is 4.79 Å². The van der Waals surface area contributed by atoms with Gasteiger partial charge in [0.25, 0.3) is 5.91 Å². The molecule has 0 bridgehead atoms. The number of primary amides is 1. The molecule has 2 aromatic heterocycles. The van der Waals surface area contributed by atoms with E-state index in [2.05, 4.69) is 66.2 Å². The fraction of sp³-hybridized carbons (Fsp3) is 0.250.